The molecule has 0 radical (unpaired) electrons. The van der Waals surface area contributed by atoms with Crippen molar-refractivity contribution in [1.82, 2.24) is 5.32 Å². The third kappa shape index (κ3) is 0.820. The number of halogens is 1. The van der Waals surface area contributed by atoms with Crippen LogP contribution in [-0.2, 0) is 16.8 Å². The van der Waals surface area contributed by atoms with Crippen molar-refractivity contribution in [2.45, 2.75) is 24.8 Å². The van der Waals surface area contributed by atoms with Gasteiger partial charge in [0, 0.05) is 0 Å². The van der Waals surface area contributed by atoms with Crippen molar-refractivity contribution in [2.24, 2.45) is 0 Å². The fourth-order valence-corrected chi connectivity index (χ4v) is 2.57. The molecule has 1 aliphatic carbocycles. The van der Waals surface area contributed by atoms with Gasteiger partial charge >= 0.3 is 0 Å². The minimum Gasteiger partial charge on any atom is -0.346 e. The standard InChI is InChI=1S/C11H10FNO/c12-9-3-1-2-8-7(9)4-5-11(8)6-10(14)13-11/h1-3H,4-6H2,(H,13,14). The molecular formula is C11H10FNO. The van der Waals surface area contributed by atoms with Crippen molar-refractivity contribution >= 4 is 5.91 Å². The Labute approximate surface area is 81.1 Å². The molecule has 0 saturated carbocycles. The Balaban J connectivity index is 2.11. The Morgan fingerprint density at radius 3 is 2.93 bits per heavy atom. The smallest absolute Gasteiger partial charge is 0.223 e. The second-order valence-corrected chi connectivity index (χ2v) is 4.07. The Morgan fingerprint density at radius 2 is 2.21 bits per heavy atom. The quantitative estimate of drug-likeness (QED) is 0.618. The first-order valence-electron chi connectivity index (χ1n) is 4.80. The van der Waals surface area contributed by atoms with Crippen molar-refractivity contribution in [3.05, 3.63) is 35.1 Å². The molecule has 1 spiro atoms. The lowest BCUT2D eigenvalue weighted by Gasteiger charge is -2.39. The summed E-state index contributed by atoms with van der Waals surface area (Å²) >= 11 is 0. The zero-order valence-electron chi connectivity index (χ0n) is 7.64. The van der Waals surface area contributed by atoms with Gasteiger partial charge in [0.15, 0.2) is 0 Å². The maximum Gasteiger partial charge on any atom is 0.223 e. The van der Waals surface area contributed by atoms with Crippen LogP contribution in [0.15, 0.2) is 18.2 Å². The number of hydrogen-bond donors (Lipinski definition) is 1. The van der Waals surface area contributed by atoms with E-state index in [2.05, 4.69) is 5.32 Å². The molecule has 1 N–H and O–H groups in total. The van der Waals surface area contributed by atoms with Gasteiger partial charge in [-0.15, -0.1) is 0 Å². The lowest BCUT2D eigenvalue weighted by Crippen LogP contribution is -2.57. The van der Waals surface area contributed by atoms with E-state index in [4.69, 9.17) is 0 Å². The Hall–Kier alpha value is -1.38. The molecule has 1 saturated heterocycles. The van der Waals surface area contributed by atoms with Gasteiger partial charge in [-0.3, -0.25) is 4.79 Å². The molecule has 2 nitrogen and oxygen atoms in total. The van der Waals surface area contributed by atoms with Gasteiger partial charge in [0.1, 0.15) is 5.82 Å². The molecule has 1 aromatic carbocycles. The summed E-state index contributed by atoms with van der Waals surface area (Å²) in [7, 11) is 0. The van der Waals surface area contributed by atoms with Gasteiger partial charge in [0.2, 0.25) is 5.91 Å². The molecule has 3 rings (SSSR count). The van der Waals surface area contributed by atoms with Crippen molar-refractivity contribution in [3.8, 4) is 0 Å². The molecule has 3 heteroatoms. The van der Waals surface area contributed by atoms with Crippen LogP contribution >= 0.6 is 0 Å². The highest BCUT2D eigenvalue weighted by Crippen LogP contribution is 2.44. The van der Waals surface area contributed by atoms with E-state index in [1.165, 1.54) is 6.07 Å². The van der Waals surface area contributed by atoms with Gasteiger partial charge in [-0.2, -0.15) is 0 Å². The predicted octanol–water partition coefficient (Wildman–Crippen LogP) is 1.49. The normalized spacial score (nSPS) is 28.5. The highest BCUT2D eigenvalue weighted by Gasteiger charge is 2.48. The van der Waals surface area contributed by atoms with Crippen LogP contribution in [-0.4, -0.2) is 5.91 Å². The maximum atomic E-state index is 13.4. The molecule has 72 valence electrons. The molecule has 1 amide bonds. The first kappa shape index (κ1) is 7.97. The molecular weight excluding hydrogens is 181 g/mol. The summed E-state index contributed by atoms with van der Waals surface area (Å²) in [6, 6.07) is 5.12. The third-order valence-electron chi connectivity index (χ3n) is 3.28. The zero-order chi connectivity index (χ0) is 9.76. The van der Waals surface area contributed by atoms with Gasteiger partial charge < -0.3 is 5.32 Å². The van der Waals surface area contributed by atoms with Crippen LogP contribution in [0.3, 0.4) is 0 Å². The number of amides is 1. The zero-order valence-corrected chi connectivity index (χ0v) is 7.64. The summed E-state index contributed by atoms with van der Waals surface area (Å²) in [6.45, 7) is 0. The molecule has 0 aromatic heterocycles. The van der Waals surface area contributed by atoms with E-state index in [1.807, 2.05) is 6.07 Å². The highest BCUT2D eigenvalue weighted by atomic mass is 19.1. The molecule has 14 heavy (non-hydrogen) atoms. The number of nitrogens with one attached hydrogen (secondary N) is 1. The maximum absolute atomic E-state index is 13.4. The molecule has 1 heterocycles. The number of hydrogen-bond acceptors (Lipinski definition) is 1. The second kappa shape index (κ2) is 2.35. The molecule has 0 bridgehead atoms. The summed E-state index contributed by atoms with van der Waals surface area (Å²) < 4.78 is 13.4. The van der Waals surface area contributed by atoms with Crippen LogP contribution in [0.25, 0.3) is 0 Å². The van der Waals surface area contributed by atoms with Crippen LogP contribution in [0.2, 0.25) is 0 Å². The first-order valence-corrected chi connectivity index (χ1v) is 4.80. The van der Waals surface area contributed by atoms with Gasteiger partial charge in [-0.25, -0.2) is 4.39 Å². The molecule has 1 aliphatic heterocycles. The number of fused-ring (bicyclic) bond motifs is 2. The number of benzene rings is 1. The Kier molecular flexibility index (Phi) is 1.34. The number of carbonyl (C=O) groups is 1. The molecule has 1 fully saturated rings. The van der Waals surface area contributed by atoms with Crippen molar-refractivity contribution in [1.29, 1.82) is 0 Å². The summed E-state index contributed by atoms with van der Waals surface area (Å²) in [5.41, 5.74) is 1.54. The van der Waals surface area contributed by atoms with E-state index in [9.17, 15) is 9.18 Å². The largest absolute Gasteiger partial charge is 0.346 e. The molecule has 2 aliphatic rings. The van der Waals surface area contributed by atoms with Crippen LogP contribution in [0, 0.1) is 5.82 Å². The SMILES string of the molecule is O=C1CC2(CCc3c(F)cccc32)N1. The summed E-state index contributed by atoms with van der Waals surface area (Å²) in [4.78, 5) is 11.0. The van der Waals surface area contributed by atoms with Crippen molar-refractivity contribution in [2.75, 3.05) is 0 Å². The first-order chi connectivity index (χ1) is 6.71. The topological polar surface area (TPSA) is 29.1 Å². The number of carbonyl (C=O) groups excluding carboxylic acids is 1. The molecule has 1 aromatic rings. The van der Waals surface area contributed by atoms with Crippen molar-refractivity contribution < 1.29 is 9.18 Å². The fourth-order valence-electron chi connectivity index (χ4n) is 2.57. The van der Waals surface area contributed by atoms with E-state index in [0.29, 0.717) is 6.42 Å². The molecule has 1 unspecified atom stereocenters. The third-order valence-corrected chi connectivity index (χ3v) is 3.28. The average Bonchev–Trinajstić information content (AvgIpc) is 2.46. The number of β-lactam (4-membered cyclic amide) rings is 1. The Morgan fingerprint density at radius 1 is 1.43 bits per heavy atom. The van der Waals surface area contributed by atoms with Crippen LogP contribution in [0.5, 0.6) is 0 Å². The van der Waals surface area contributed by atoms with E-state index < -0.39 is 0 Å². The second-order valence-electron chi connectivity index (χ2n) is 4.07. The van der Waals surface area contributed by atoms with Gasteiger partial charge in [-0.05, 0) is 30.0 Å². The number of rotatable bonds is 0. The lowest BCUT2D eigenvalue weighted by molar-refractivity contribution is -0.133. The van der Waals surface area contributed by atoms with E-state index in [0.717, 1.165) is 24.0 Å². The van der Waals surface area contributed by atoms with E-state index in [1.54, 1.807) is 6.07 Å². The van der Waals surface area contributed by atoms with Crippen LogP contribution in [0.4, 0.5) is 4.39 Å². The minimum atomic E-state index is -0.228. The van der Waals surface area contributed by atoms with Gasteiger partial charge in [-0.1, -0.05) is 12.1 Å². The highest BCUT2D eigenvalue weighted by molar-refractivity contribution is 5.86. The van der Waals surface area contributed by atoms with Crippen LogP contribution in [0.1, 0.15) is 24.0 Å². The Bertz CT molecular complexity index is 419. The monoisotopic (exact) mass is 191 g/mol. The molecule has 1 atom stereocenters. The van der Waals surface area contributed by atoms with Gasteiger partial charge in [0.05, 0.1) is 12.0 Å². The van der Waals surface area contributed by atoms with E-state index in [-0.39, 0.29) is 17.3 Å². The van der Waals surface area contributed by atoms with Gasteiger partial charge in [0.25, 0.3) is 0 Å². The lowest BCUT2D eigenvalue weighted by atomic mass is 9.82. The van der Waals surface area contributed by atoms with Crippen molar-refractivity contribution in [3.63, 3.8) is 0 Å². The fraction of sp³-hybridized carbons (Fsp3) is 0.364. The minimum absolute atomic E-state index is 0.0714. The predicted molar refractivity (Wildman–Crippen MR) is 49.2 cm³/mol. The summed E-state index contributed by atoms with van der Waals surface area (Å²) in [5.74, 6) is -0.0670. The van der Waals surface area contributed by atoms with E-state index >= 15 is 0 Å². The summed E-state index contributed by atoms with van der Waals surface area (Å²) in [5, 5.41) is 2.90. The van der Waals surface area contributed by atoms with Crippen LogP contribution < -0.4 is 5.32 Å². The summed E-state index contributed by atoms with van der Waals surface area (Å²) in [6.07, 6.45) is 2.10. The average molecular weight is 191 g/mol.